The summed E-state index contributed by atoms with van der Waals surface area (Å²) in [5.41, 5.74) is 4.92. The number of fused-ring (bicyclic) bond motifs is 2. The van der Waals surface area contributed by atoms with Crippen molar-refractivity contribution in [2.24, 2.45) is 0 Å². The predicted molar refractivity (Wildman–Crippen MR) is 145 cm³/mol. The first-order valence-electron chi connectivity index (χ1n) is 13.4. The lowest BCUT2D eigenvalue weighted by atomic mass is 10.1. The molecular weight excluding hydrogens is 448 g/mol. The fourth-order valence-electron chi connectivity index (χ4n) is 5.39. The molecule has 2 aromatic heterocycles. The molecule has 0 bridgehead atoms. The third kappa shape index (κ3) is 5.64. The smallest absolute Gasteiger partial charge is 0.222 e. The van der Waals surface area contributed by atoms with Crippen molar-refractivity contribution in [3.8, 4) is 0 Å². The maximum atomic E-state index is 12.4. The van der Waals surface area contributed by atoms with E-state index in [0.29, 0.717) is 25.3 Å². The van der Waals surface area contributed by atoms with E-state index in [-0.39, 0.29) is 5.91 Å². The van der Waals surface area contributed by atoms with E-state index in [1.807, 2.05) is 23.2 Å². The average molecular weight is 485 g/mol. The van der Waals surface area contributed by atoms with Gasteiger partial charge in [0.15, 0.2) is 0 Å². The van der Waals surface area contributed by atoms with Crippen LogP contribution in [-0.2, 0) is 29.0 Å². The summed E-state index contributed by atoms with van der Waals surface area (Å²) >= 11 is 0. The molecule has 4 aromatic rings. The highest BCUT2D eigenvalue weighted by Gasteiger charge is 2.18. The first-order valence-corrected chi connectivity index (χ1v) is 13.4. The van der Waals surface area contributed by atoms with Gasteiger partial charge in [0, 0.05) is 73.2 Å². The van der Waals surface area contributed by atoms with E-state index < -0.39 is 0 Å². The van der Waals surface area contributed by atoms with Crippen molar-refractivity contribution >= 4 is 33.6 Å². The van der Waals surface area contributed by atoms with Crippen molar-refractivity contribution in [1.29, 1.82) is 0 Å². The number of H-pyrrole nitrogens is 1. The number of benzene rings is 2. The fourth-order valence-corrected chi connectivity index (χ4v) is 5.39. The van der Waals surface area contributed by atoms with Crippen LogP contribution in [0.3, 0.4) is 0 Å². The molecular formula is C30H36N4O2. The fraction of sp³-hybridized carbons (Fsp3) is 0.400. The Balaban J connectivity index is 1.08. The molecule has 3 heterocycles. The Morgan fingerprint density at radius 2 is 1.75 bits per heavy atom. The van der Waals surface area contributed by atoms with Gasteiger partial charge in [0.1, 0.15) is 0 Å². The number of likely N-dealkylation sites (tertiary alicyclic amines) is 1. The maximum absolute atomic E-state index is 12.4. The van der Waals surface area contributed by atoms with Crippen molar-refractivity contribution in [2.45, 2.75) is 57.9 Å². The highest BCUT2D eigenvalue weighted by atomic mass is 16.2. The van der Waals surface area contributed by atoms with Gasteiger partial charge in [-0.2, -0.15) is 0 Å². The first kappa shape index (κ1) is 24.2. The molecule has 2 aromatic carbocycles. The Morgan fingerprint density at radius 3 is 2.64 bits per heavy atom. The number of aromatic amines is 1. The van der Waals surface area contributed by atoms with Gasteiger partial charge in [-0.1, -0.05) is 36.4 Å². The number of nitrogens with zero attached hydrogens (tertiary/aromatic N) is 2. The monoisotopic (exact) mass is 484 g/mol. The number of hydrogen-bond acceptors (Lipinski definition) is 2. The lowest BCUT2D eigenvalue weighted by molar-refractivity contribution is -0.133. The quantitative estimate of drug-likeness (QED) is 0.287. The van der Waals surface area contributed by atoms with Crippen LogP contribution in [-0.4, -0.2) is 45.9 Å². The number of piperidine rings is 1. The van der Waals surface area contributed by atoms with E-state index >= 15 is 0 Å². The molecule has 2 N–H and O–H groups in total. The topological polar surface area (TPSA) is 70.1 Å². The Hall–Kier alpha value is -3.54. The highest BCUT2D eigenvalue weighted by Crippen LogP contribution is 2.23. The summed E-state index contributed by atoms with van der Waals surface area (Å²) in [5, 5.41) is 5.58. The van der Waals surface area contributed by atoms with Crippen LogP contribution in [0.5, 0.6) is 0 Å². The number of nitrogens with one attached hydrogen (secondary N) is 2. The van der Waals surface area contributed by atoms with Crippen molar-refractivity contribution in [3.05, 3.63) is 72.1 Å². The van der Waals surface area contributed by atoms with Crippen LogP contribution in [0.25, 0.3) is 21.8 Å². The zero-order valence-corrected chi connectivity index (χ0v) is 21.0. The minimum atomic E-state index is 0.124. The van der Waals surface area contributed by atoms with Crippen LogP contribution in [0.2, 0.25) is 0 Å². The van der Waals surface area contributed by atoms with Gasteiger partial charge in [-0.25, -0.2) is 0 Å². The number of hydrogen-bond donors (Lipinski definition) is 2. The van der Waals surface area contributed by atoms with Gasteiger partial charge in [0.25, 0.3) is 0 Å². The van der Waals surface area contributed by atoms with E-state index in [1.54, 1.807) is 0 Å². The summed E-state index contributed by atoms with van der Waals surface area (Å²) in [6, 6.07) is 16.8. The molecule has 0 atom stereocenters. The van der Waals surface area contributed by atoms with Crippen LogP contribution < -0.4 is 5.32 Å². The van der Waals surface area contributed by atoms with Crippen molar-refractivity contribution in [1.82, 2.24) is 19.8 Å². The lowest BCUT2D eigenvalue weighted by Crippen LogP contribution is -2.36. The molecule has 0 saturated carbocycles. The first-order chi connectivity index (χ1) is 17.7. The standard InChI is InChI=1S/C30H36N4O2/c35-29(31-17-15-23-21-32-27-11-3-1-9-25(23)27)13-5-7-19-34-22-24(26-10-2-4-12-28(26)34)16-20-33-18-8-6-14-30(33)36/h1-4,9-12,21-22,32H,5-8,13-20H2,(H,31,35). The number of para-hydroxylation sites is 2. The van der Waals surface area contributed by atoms with Gasteiger partial charge in [0.05, 0.1) is 0 Å². The third-order valence-corrected chi connectivity index (χ3v) is 7.39. The van der Waals surface area contributed by atoms with Gasteiger partial charge in [-0.3, -0.25) is 9.59 Å². The minimum Gasteiger partial charge on any atom is -0.361 e. The van der Waals surface area contributed by atoms with Gasteiger partial charge < -0.3 is 19.8 Å². The maximum Gasteiger partial charge on any atom is 0.222 e. The molecule has 2 amide bonds. The Kier molecular flexibility index (Phi) is 7.70. The van der Waals surface area contributed by atoms with Gasteiger partial charge in [-0.15, -0.1) is 0 Å². The summed E-state index contributed by atoms with van der Waals surface area (Å²) in [6.07, 6.45) is 11.2. The third-order valence-electron chi connectivity index (χ3n) is 7.39. The molecule has 0 unspecified atom stereocenters. The van der Waals surface area contributed by atoms with E-state index in [0.717, 1.165) is 63.7 Å². The molecule has 188 valence electrons. The molecule has 0 aliphatic carbocycles. The van der Waals surface area contributed by atoms with Gasteiger partial charge in [-0.05, 0) is 61.8 Å². The zero-order valence-electron chi connectivity index (χ0n) is 21.0. The van der Waals surface area contributed by atoms with E-state index in [9.17, 15) is 9.59 Å². The Labute approximate surface area is 212 Å². The highest BCUT2D eigenvalue weighted by molar-refractivity contribution is 5.84. The molecule has 6 heteroatoms. The number of amides is 2. The van der Waals surface area contributed by atoms with E-state index in [4.69, 9.17) is 0 Å². The van der Waals surface area contributed by atoms with Crippen molar-refractivity contribution in [3.63, 3.8) is 0 Å². The van der Waals surface area contributed by atoms with Gasteiger partial charge >= 0.3 is 0 Å². The summed E-state index contributed by atoms with van der Waals surface area (Å²) < 4.78 is 2.32. The Morgan fingerprint density at radius 1 is 0.917 bits per heavy atom. The normalized spacial score (nSPS) is 14.1. The van der Waals surface area contributed by atoms with E-state index in [1.165, 1.54) is 27.4 Å². The zero-order chi connectivity index (χ0) is 24.7. The lowest BCUT2D eigenvalue weighted by Gasteiger charge is -2.26. The largest absolute Gasteiger partial charge is 0.361 e. The summed E-state index contributed by atoms with van der Waals surface area (Å²) in [4.78, 5) is 29.9. The predicted octanol–water partition coefficient (Wildman–Crippen LogP) is 5.21. The number of aromatic nitrogens is 2. The summed E-state index contributed by atoms with van der Waals surface area (Å²) in [7, 11) is 0. The number of carbonyl (C=O) groups excluding carboxylic acids is 2. The summed E-state index contributed by atoms with van der Waals surface area (Å²) in [5.74, 6) is 0.420. The van der Waals surface area contributed by atoms with Crippen LogP contribution >= 0.6 is 0 Å². The molecule has 36 heavy (non-hydrogen) atoms. The second kappa shape index (κ2) is 11.5. The molecule has 0 radical (unpaired) electrons. The second-order valence-electron chi connectivity index (χ2n) is 9.87. The van der Waals surface area contributed by atoms with E-state index in [2.05, 4.69) is 57.5 Å². The molecule has 0 spiro atoms. The molecule has 1 fully saturated rings. The number of carbonyl (C=O) groups is 2. The molecule has 5 rings (SSSR count). The molecule has 1 saturated heterocycles. The average Bonchev–Trinajstić information content (AvgIpc) is 3.48. The Bertz CT molecular complexity index is 1340. The molecule has 6 nitrogen and oxygen atoms in total. The van der Waals surface area contributed by atoms with Gasteiger partial charge in [0.2, 0.25) is 11.8 Å². The number of unbranched alkanes of at least 4 members (excludes halogenated alkanes) is 1. The van der Waals surface area contributed by atoms with Crippen LogP contribution in [0, 0.1) is 0 Å². The van der Waals surface area contributed by atoms with Crippen molar-refractivity contribution in [2.75, 3.05) is 19.6 Å². The number of aryl methyl sites for hydroxylation is 1. The van der Waals surface area contributed by atoms with Crippen molar-refractivity contribution < 1.29 is 9.59 Å². The second-order valence-corrected chi connectivity index (χ2v) is 9.87. The number of rotatable bonds is 11. The molecule has 1 aliphatic rings. The summed E-state index contributed by atoms with van der Waals surface area (Å²) in [6.45, 7) is 3.24. The molecule has 1 aliphatic heterocycles. The van der Waals surface area contributed by atoms with Crippen LogP contribution in [0.4, 0.5) is 0 Å². The SMILES string of the molecule is O=C(CCCCn1cc(CCN2CCCCC2=O)c2ccccc21)NCCc1c[nH]c2ccccc12. The minimum absolute atomic E-state index is 0.124. The van der Waals surface area contributed by atoms with Crippen LogP contribution in [0.15, 0.2) is 60.9 Å². The van der Waals surface area contributed by atoms with Crippen LogP contribution in [0.1, 0.15) is 49.7 Å².